The monoisotopic (exact) mass is 348 g/mol. The second-order valence-corrected chi connectivity index (χ2v) is 5.95. The van der Waals surface area contributed by atoms with Crippen LogP contribution in [0.3, 0.4) is 0 Å². The molecular weight excluding hydrogens is 340 g/mol. The van der Waals surface area contributed by atoms with E-state index in [1.807, 2.05) is 36.4 Å². The number of anilines is 2. The maximum Gasteiger partial charge on any atom is 0.355 e. The van der Waals surface area contributed by atoms with Crippen LogP contribution < -0.4 is 5.32 Å². The van der Waals surface area contributed by atoms with Crippen molar-refractivity contribution in [1.29, 1.82) is 0 Å². The van der Waals surface area contributed by atoms with Gasteiger partial charge in [-0.2, -0.15) is 0 Å². The molecule has 3 rings (SSSR count). The number of thiazole rings is 1. The van der Waals surface area contributed by atoms with E-state index in [1.54, 1.807) is 0 Å². The van der Waals surface area contributed by atoms with Crippen molar-refractivity contribution in [2.24, 2.45) is 0 Å². The molecular formula is C14H9BrN2O2S. The van der Waals surface area contributed by atoms with Gasteiger partial charge in [-0.15, -0.1) is 11.3 Å². The van der Waals surface area contributed by atoms with Gasteiger partial charge < -0.3 is 10.4 Å². The van der Waals surface area contributed by atoms with Crippen LogP contribution in [0.2, 0.25) is 0 Å². The van der Waals surface area contributed by atoms with Crippen molar-refractivity contribution >= 4 is 54.8 Å². The van der Waals surface area contributed by atoms with Crippen molar-refractivity contribution in [3.05, 3.63) is 51.9 Å². The van der Waals surface area contributed by atoms with Crippen LogP contribution >= 0.6 is 27.3 Å². The van der Waals surface area contributed by atoms with Crippen molar-refractivity contribution < 1.29 is 9.90 Å². The molecule has 0 aliphatic rings. The van der Waals surface area contributed by atoms with Crippen LogP contribution in [0.15, 0.2) is 46.3 Å². The van der Waals surface area contributed by atoms with Crippen LogP contribution in [0, 0.1) is 0 Å². The molecule has 2 N–H and O–H groups in total. The summed E-state index contributed by atoms with van der Waals surface area (Å²) >= 11 is 4.71. The average molecular weight is 349 g/mol. The van der Waals surface area contributed by atoms with Crippen molar-refractivity contribution in [2.45, 2.75) is 0 Å². The summed E-state index contributed by atoms with van der Waals surface area (Å²) in [4.78, 5) is 14.8. The summed E-state index contributed by atoms with van der Waals surface area (Å²) < 4.78 is 1.04. The third kappa shape index (κ3) is 2.66. The number of hydrogen-bond acceptors (Lipinski definition) is 4. The number of hydrogen-bond donors (Lipinski definition) is 2. The summed E-state index contributed by atoms with van der Waals surface area (Å²) in [5, 5.41) is 16.3. The predicted molar refractivity (Wildman–Crippen MR) is 84.0 cm³/mol. The number of halogens is 1. The molecule has 0 amide bonds. The standard InChI is InChI=1S/C14H9BrN2O2S/c15-10-3-1-9-6-11(4-2-8(9)5-10)16-14-17-12(7-20-14)13(18)19/h1-7H,(H,16,17)(H,18,19). The molecule has 0 atom stereocenters. The SMILES string of the molecule is O=C(O)c1csc(Nc2ccc3cc(Br)ccc3c2)n1. The fourth-order valence-corrected chi connectivity index (χ4v) is 2.93. The van der Waals surface area contributed by atoms with Crippen molar-refractivity contribution in [3.8, 4) is 0 Å². The minimum atomic E-state index is -1.02. The van der Waals surface area contributed by atoms with Gasteiger partial charge in [0.1, 0.15) is 0 Å². The molecule has 0 saturated heterocycles. The zero-order valence-corrected chi connectivity index (χ0v) is 12.5. The first-order valence-corrected chi connectivity index (χ1v) is 7.44. The summed E-state index contributed by atoms with van der Waals surface area (Å²) in [6.45, 7) is 0. The Labute approximate surface area is 127 Å². The van der Waals surface area contributed by atoms with E-state index in [9.17, 15) is 4.79 Å². The Kier molecular flexibility index (Phi) is 3.42. The maximum absolute atomic E-state index is 10.8. The Morgan fingerprint density at radius 1 is 1.20 bits per heavy atom. The molecule has 0 fully saturated rings. The smallest absolute Gasteiger partial charge is 0.355 e. The lowest BCUT2D eigenvalue weighted by atomic mass is 10.1. The molecule has 0 saturated carbocycles. The Bertz CT molecular complexity index is 801. The first-order valence-electron chi connectivity index (χ1n) is 5.77. The van der Waals surface area contributed by atoms with Gasteiger partial charge in [-0.05, 0) is 35.0 Å². The number of carboxylic acid groups (broad SMARTS) is 1. The van der Waals surface area contributed by atoms with Gasteiger partial charge in [0.25, 0.3) is 0 Å². The lowest BCUT2D eigenvalue weighted by molar-refractivity contribution is 0.0691. The zero-order valence-electron chi connectivity index (χ0n) is 10.1. The van der Waals surface area contributed by atoms with Gasteiger partial charge in [0.15, 0.2) is 10.8 Å². The van der Waals surface area contributed by atoms with Gasteiger partial charge in [0.2, 0.25) is 0 Å². The average Bonchev–Trinajstić information content (AvgIpc) is 2.88. The number of aromatic carboxylic acids is 1. The number of fused-ring (bicyclic) bond motifs is 1. The summed E-state index contributed by atoms with van der Waals surface area (Å²) in [6.07, 6.45) is 0. The minimum absolute atomic E-state index is 0.0576. The van der Waals surface area contributed by atoms with Gasteiger partial charge in [0, 0.05) is 15.5 Å². The van der Waals surface area contributed by atoms with Crippen molar-refractivity contribution in [1.82, 2.24) is 4.98 Å². The lowest BCUT2D eigenvalue weighted by Gasteiger charge is -2.05. The van der Waals surface area contributed by atoms with E-state index in [-0.39, 0.29) is 5.69 Å². The maximum atomic E-state index is 10.8. The summed E-state index contributed by atoms with van der Waals surface area (Å²) in [6, 6.07) is 12.0. The van der Waals surface area contributed by atoms with E-state index in [4.69, 9.17) is 5.11 Å². The lowest BCUT2D eigenvalue weighted by Crippen LogP contribution is -1.97. The molecule has 6 heteroatoms. The topological polar surface area (TPSA) is 62.2 Å². The quantitative estimate of drug-likeness (QED) is 0.731. The third-order valence-electron chi connectivity index (χ3n) is 2.78. The molecule has 1 aromatic heterocycles. The minimum Gasteiger partial charge on any atom is -0.476 e. The van der Waals surface area contributed by atoms with Crippen LogP contribution in [-0.2, 0) is 0 Å². The van der Waals surface area contributed by atoms with Crippen LogP contribution in [0.5, 0.6) is 0 Å². The molecule has 0 unspecified atom stereocenters. The van der Waals surface area contributed by atoms with E-state index >= 15 is 0 Å². The summed E-state index contributed by atoms with van der Waals surface area (Å²) in [5.74, 6) is -1.02. The number of aromatic nitrogens is 1. The van der Waals surface area contributed by atoms with Gasteiger partial charge in [-0.25, -0.2) is 9.78 Å². The van der Waals surface area contributed by atoms with E-state index in [0.717, 1.165) is 20.9 Å². The second-order valence-electron chi connectivity index (χ2n) is 4.17. The Hall–Kier alpha value is -1.92. The molecule has 0 bridgehead atoms. The van der Waals surface area contributed by atoms with Gasteiger partial charge >= 0.3 is 5.97 Å². The van der Waals surface area contributed by atoms with Crippen LogP contribution in [-0.4, -0.2) is 16.1 Å². The Balaban J connectivity index is 1.90. The number of nitrogens with zero attached hydrogens (tertiary/aromatic N) is 1. The molecule has 0 spiro atoms. The van der Waals surface area contributed by atoms with Crippen molar-refractivity contribution in [3.63, 3.8) is 0 Å². The number of carboxylic acids is 1. The van der Waals surface area contributed by atoms with E-state index < -0.39 is 5.97 Å². The Morgan fingerprint density at radius 3 is 2.70 bits per heavy atom. The zero-order chi connectivity index (χ0) is 14.1. The molecule has 0 radical (unpaired) electrons. The molecule has 0 aliphatic heterocycles. The van der Waals surface area contributed by atoms with Crippen LogP contribution in [0.25, 0.3) is 10.8 Å². The largest absolute Gasteiger partial charge is 0.476 e. The van der Waals surface area contributed by atoms with Gasteiger partial charge in [-0.1, -0.05) is 28.1 Å². The predicted octanol–water partition coefficient (Wildman–Crippen LogP) is 4.50. The highest BCUT2D eigenvalue weighted by molar-refractivity contribution is 9.10. The molecule has 3 aromatic rings. The molecule has 100 valence electrons. The molecule has 0 aliphatic carbocycles. The normalized spacial score (nSPS) is 10.7. The van der Waals surface area contributed by atoms with Crippen molar-refractivity contribution in [2.75, 3.05) is 5.32 Å². The third-order valence-corrected chi connectivity index (χ3v) is 4.03. The fraction of sp³-hybridized carbons (Fsp3) is 0. The molecule has 2 aromatic carbocycles. The first-order chi connectivity index (χ1) is 9.61. The van der Waals surface area contributed by atoms with Crippen LogP contribution in [0.1, 0.15) is 10.5 Å². The summed E-state index contributed by atoms with van der Waals surface area (Å²) in [7, 11) is 0. The number of nitrogens with one attached hydrogen (secondary N) is 1. The fourth-order valence-electron chi connectivity index (χ4n) is 1.85. The molecule has 1 heterocycles. The summed E-state index contributed by atoms with van der Waals surface area (Å²) in [5.41, 5.74) is 0.938. The van der Waals surface area contributed by atoms with Gasteiger partial charge in [-0.3, -0.25) is 0 Å². The number of carbonyl (C=O) groups is 1. The highest BCUT2D eigenvalue weighted by atomic mass is 79.9. The van der Waals surface area contributed by atoms with Crippen LogP contribution in [0.4, 0.5) is 10.8 Å². The van der Waals surface area contributed by atoms with E-state index in [0.29, 0.717) is 5.13 Å². The van der Waals surface area contributed by atoms with Gasteiger partial charge in [0.05, 0.1) is 0 Å². The second kappa shape index (κ2) is 5.22. The van der Waals surface area contributed by atoms with E-state index in [1.165, 1.54) is 16.7 Å². The molecule has 20 heavy (non-hydrogen) atoms. The molecule has 4 nitrogen and oxygen atoms in total. The van der Waals surface area contributed by atoms with E-state index in [2.05, 4.69) is 26.2 Å². The number of benzene rings is 2. The first kappa shape index (κ1) is 13.1. The highest BCUT2D eigenvalue weighted by Gasteiger charge is 2.08. The number of rotatable bonds is 3. The Morgan fingerprint density at radius 2 is 1.95 bits per heavy atom. The highest BCUT2D eigenvalue weighted by Crippen LogP contribution is 2.26.